The van der Waals surface area contributed by atoms with Crippen LogP contribution in [0.5, 0.6) is 5.75 Å². The molecule has 0 saturated heterocycles. The van der Waals surface area contributed by atoms with Gasteiger partial charge in [0.2, 0.25) is 0 Å². The van der Waals surface area contributed by atoms with E-state index in [0.717, 1.165) is 10.9 Å². The molecule has 6 nitrogen and oxygen atoms in total. The number of rotatable bonds is 4. The number of amides is 1. The second-order valence-electron chi connectivity index (χ2n) is 5.23. The van der Waals surface area contributed by atoms with Gasteiger partial charge in [0, 0.05) is 17.1 Å². The van der Waals surface area contributed by atoms with Gasteiger partial charge in [-0.05, 0) is 29.8 Å². The smallest absolute Gasteiger partial charge is 0.406 e. The van der Waals surface area contributed by atoms with E-state index >= 15 is 0 Å². The number of nitrogens with one attached hydrogen (secondary N) is 1. The van der Waals surface area contributed by atoms with E-state index in [0.29, 0.717) is 12.1 Å². The monoisotopic (exact) mass is 351 g/mol. The lowest BCUT2D eigenvalue weighted by Crippen LogP contribution is -2.18. The third-order valence-electron chi connectivity index (χ3n) is 3.42. The Morgan fingerprint density at radius 3 is 2.56 bits per heavy atom. The highest BCUT2D eigenvalue weighted by atomic mass is 19.4. The Kier molecular flexibility index (Phi) is 4.32. The van der Waals surface area contributed by atoms with Crippen LogP contribution in [0.3, 0.4) is 0 Å². The molecule has 25 heavy (non-hydrogen) atoms. The van der Waals surface area contributed by atoms with Gasteiger partial charge in [-0.2, -0.15) is 5.10 Å². The number of carbonyl (C=O) groups is 1. The van der Waals surface area contributed by atoms with E-state index in [9.17, 15) is 18.0 Å². The predicted octanol–water partition coefficient (Wildman–Crippen LogP) is 3.10. The van der Waals surface area contributed by atoms with Crippen LogP contribution in [0.1, 0.15) is 15.9 Å². The normalized spacial score (nSPS) is 11.5. The van der Waals surface area contributed by atoms with Gasteiger partial charge in [0.05, 0.1) is 12.1 Å². The molecule has 130 valence electrons. The summed E-state index contributed by atoms with van der Waals surface area (Å²) in [6.45, 7) is 0.336. The lowest BCUT2D eigenvalue weighted by atomic mass is 10.1. The van der Waals surface area contributed by atoms with Gasteiger partial charge >= 0.3 is 6.36 Å². The Balaban J connectivity index is 1.77. The maximum absolute atomic E-state index is 12.1. The largest absolute Gasteiger partial charge is 0.573 e. The maximum Gasteiger partial charge on any atom is 0.573 e. The first kappa shape index (κ1) is 16.8. The molecule has 0 aliphatic heterocycles. The van der Waals surface area contributed by atoms with Crippen LogP contribution < -0.4 is 10.2 Å². The van der Waals surface area contributed by atoms with Crippen molar-refractivity contribution in [3.8, 4) is 5.75 Å². The van der Waals surface area contributed by atoms with Crippen molar-refractivity contribution in [2.24, 2.45) is 0 Å². The minimum atomic E-state index is -4.72. The van der Waals surface area contributed by atoms with E-state index < -0.39 is 12.3 Å². The summed E-state index contributed by atoms with van der Waals surface area (Å²) in [6.07, 6.45) is -2.98. The fraction of sp³-hybridized carbons (Fsp3) is 0.125. The zero-order valence-corrected chi connectivity index (χ0v) is 12.6. The van der Waals surface area contributed by atoms with Crippen molar-refractivity contribution in [3.63, 3.8) is 0 Å². The number of hydrogen-bond donors (Lipinski definition) is 2. The summed E-state index contributed by atoms with van der Waals surface area (Å²) < 4.78 is 41.8. The lowest BCUT2D eigenvalue weighted by Gasteiger charge is -2.09. The van der Waals surface area contributed by atoms with Gasteiger partial charge in [-0.1, -0.05) is 18.2 Å². The molecule has 0 saturated carbocycles. The third-order valence-corrected chi connectivity index (χ3v) is 3.42. The molecule has 0 atom stereocenters. The first-order valence-electron chi connectivity index (χ1n) is 7.10. The zero-order valence-electron chi connectivity index (χ0n) is 12.6. The number of carbonyl (C=O) groups excluding carboxylic acids is 1. The second kappa shape index (κ2) is 6.44. The van der Waals surface area contributed by atoms with Gasteiger partial charge in [-0.3, -0.25) is 14.7 Å². The third kappa shape index (κ3) is 4.07. The van der Waals surface area contributed by atoms with Crippen LogP contribution in [-0.2, 0) is 6.54 Å². The quantitative estimate of drug-likeness (QED) is 0.559. The molecule has 0 bridgehead atoms. The van der Waals surface area contributed by atoms with Crippen LogP contribution in [0.2, 0.25) is 0 Å². The van der Waals surface area contributed by atoms with Gasteiger partial charge < -0.3 is 4.74 Å². The summed E-state index contributed by atoms with van der Waals surface area (Å²) >= 11 is 0. The predicted molar refractivity (Wildman–Crippen MR) is 81.2 cm³/mol. The van der Waals surface area contributed by atoms with E-state index in [-0.39, 0.29) is 11.3 Å². The number of alkyl halides is 3. The highest BCUT2D eigenvalue weighted by molar-refractivity contribution is 5.97. The maximum atomic E-state index is 12.1. The summed E-state index contributed by atoms with van der Waals surface area (Å²) in [5, 5.41) is 13.7. The fourth-order valence-electron chi connectivity index (χ4n) is 2.34. The molecule has 0 aliphatic rings. The molecule has 9 heteroatoms. The molecule has 0 aliphatic carbocycles. The molecule has 2 aromatic carbocycles. The number of halogens is 3. The number of hydroxylamine groups is 1. The van der Waals surface area contributed by atoms with Gasteiger partial charge in [-0.15, -0.1) is 13.2 Å². The van der Waals surface area contributed by atoms with Crippen LogP contribution in [-0.4, -0.2) is 27.3 Å². The molecule has 0 spiro atoms. The molecule has 0 fully saturated rings. The molecule has 0 radical (unpaired) electrons. The number of hydrogen-bond acceptors (Lipinski definition) is 4. The highest BCUT2D eigenvalue weighted by Gasteiger charge is 2.30. The van der Waals surface area contributed by atoms with Gasteiger partial charge in [0.1, 0.15) is 5.75 Å². The van der Waals surface area contributed by atoms with E-state index in [4.69, 9.17) is 5.21 Å². The van der Waals surface area contributed by atoms with Gasteiger partial charge in [-0.25, -0.2) is 5.48 Å². The van der Waals surface area contributed by atoms with Crippen molar-refractivity contribution in [3.05, 3.63) is 59.8 Å². The van der Waals surface area contributed by atoms with E-state index in [2.05, 4.69) is 9.84 Å². The Hall–Kier alpha value is -3.07. The first-order chi connectivity index (χ1) is 11.8. The van der Waals surface area contributed by atoms with E-state index in [1.54, 1.807) is 28.5 Å². The summed E-state index contributed by atoms with van der Waals surface area (Å²) in [6, 6.07) is 10.2. The molecule has 0 unspecified atom stereocenters. The van der Waals surface area contributed by atoms with Crippen LogP contribution in [0, 0.1) is 0 Å². The standard InChI is InChI=1S/C16H12F3N3O3/c17-16(18,19)25-13-5-1-10(2-6-13)8-22-9-12-4-3-11(15(23)21-24)7-14(12)20-22/h1-7,9,24H,8H2,(H,21,23). The number of ether oxygens (including phenoxy) is 1. The van der Waals surface area contributed by atoms with Crippen molar-refractivity contribution in [1.29, 1.82) is 0 Å². The van der Waals surface area contributed by atoms with Crippen molar-refractivity contribution in [2.45, 2.75) is 12.9 Å². The number of aromatic nitrogens is 2. The molecule has 2 N–H and O–H groups in total. The van der Waals surface area contributed by atoms with Crippen molar-refractivity contribution >= 4 is 16.8 Å². The fourth-order valence-corrected chi connectivity index (χ4v) is 2.34. The van der Waals surface area contributed by atoms with Crippen molar-refractivity contribution < 1.29 is 27.9 Å². The Morgan fingerprint density at radius 2 is 1.92 bits per heavy atom. The summed E-state index contributed by atoms with van der Waals surface area (Å²) in [4.78, 5) is 11.4. The average Bonchev–Trinajstić information content (AvgIpc) is 2.96. The molecular formula is C16H12F3N3O3. The molecule has 1 amide bonds. The van der Waals surface area contributed by atoms with Crippen LogP contribution >= 0.6 is 0 Å². The van der Waals surface area contributed by atoms with Gasteiger partial charge in [0.15, 0.2) is 0 Å². The molecule has 3 rings (SSSR count). The Bertz CT molecular complexity index is 904. The SMILES string of the molecule is O=C(NO)c1ccc2cn(Cc3ccc(OC(F)(F)F)cc3)nc2c1. The molecular weight excluding hydrogens is 339 g/mol. The zero-order chi connectivity index (χ0) is 18.0. The summed E-state index contributed by atoms with van der Waals surface area (Å²) in [5.74, 6) is -0.932. The molecule has 1 heterocycles. The number of benzene rings is 2. The summed E-state index contributed by atoms with van der Waals surface area (Å²) in [7, 11) is 0. The second-order valence-corrected chi connectivity index (χ2v) is 5.23. The van der Waals surface area contributed by atoms with Crippen LogP contribution in [0.4, 0.5) is 13.2 Å². The lowest BCUT2D eigenvalue weighted by molar-refractivity contribution is -0.274. The minimum absolute atomic E-state index is 0.258. The Morgan fingerprint density at radius 1 is 1.20 bits per heavy atom. The van der Waals surface area contributed by atoms with Crippen LogP contribution in [0.15, 0.2) is 48.7 Å². The van der Waals surface area contributed by atoms with E-state index in [1.165, 1.54) is 30.3 Å². The molecule has 3 aromatic rings. The number of fused-ring (bicyclic) bond motifs is 1. The van der Waals surface area contributed by atoms with Crippen LogP contribution in [0.25, 0.3) is 10.9 Å². The Labute approximate surface area is 139 Å². The van der Waals surface area contributed by atoms with Crippen molar-refractivity contribution in [1.82, 2.24) is 15.3 Å². The highest BCUT2D eigenvalue weighted by Crippen LogP contribution is 2.23. The summed E-state index contributed by atoms with van der Waals surface area (Å²) in [5.41, 5.74) is 3.09. The van der Waals surface area contributed by atoms with Crippen molar-refractivity contribution in [2.75, 3.05) is 0 Å². The van der Waals surface area contributed by atoms with E-state index in [1.807, 2.05) is 0 Å². The van der Waals surface area contributed by atoms with Gasteiger partial charge in [0.25, 0.3) is 5.91 Å². The topological polar surface area (TPSA) is 76.4 Å². The average molecular weight is 351 g/mol. The number of nitrogens with zero attached hydrogens (tertiary/aromatic N) is 2. The minimum Gasteiger partial charge on any atom is -0.406 e. The first-order valence-corrected chi connectivity index (χ1v) is 7.10. The molecule has 1 aromatic heterocycles.